The average molecular weight is 418 g/mol. The molecule has 0 atom stereocenters. The van der Waals surface area contributed by atoms with E-state index in [1.165, 1.54) is 18.2 Å². The molecule has 3 rings (SSSR count). The number of nitrogens with zero attached hydrogens (tertiary/aromatic N) is 1. The predicted octanol–water partition coefficient (Wildman–Crippen LogP) is 2.12. The molecule has 0 spiro atoms. The summed E-state index contributed by atoms with van der Waals surface area (Å²) in [5.41, 5.74) is 0.661. The van der Waals surface area contributed by atoms with E-state index in [-0.39, 0.29) is 40.7 Å². The van der Waals surface area contributed by atoms with E-state index in [2.05, 4.69) is 10.6 Å². The first-order valence-electron chi connectivity index (χ1n) is 9.35. The number of carbonyl (C=O) groups excluding carboxylic acids is 2. The number of piperidine rings is 1. The molecule has 0 unspecified atom stereocenters. The maximum absolute atomic E-state index is 12.4. The van der Waals surface area contributed by atoms with Gasteiger partial charge in [0.2, 0.25) is 5.91 Å². The Balaban J connectivity index is 1.49. The second kappa shape index (κ2) is 9.49. The van der Waals surface area contributed by atoms with Crippen molar-refractivity contribution < 1.29 is 19.4 Å². The summed E-state index contributed by atoms with van der Waals surface area (Å²) < 4.78 is 0. The van der Waals surface area contributed by atoms with Crippen LogP contribution in [0.15, 0.2) is 48.5 Å². The lowest BCUT2D eigenvalue weighted by Crippen LogP contribution is -3.14. The van der Waals surface area contributed by atoms with Gasteiger partial charge in [0.25, 0.3) is 11.6 Å². The number of hydrogen-bond donors (Lipinski definition) is 3. The summed E-state index contributed by atoms with van der Waals surface area (Å²) in [6.45, 7) is 1.55. The number of quaternary nitrogens is 1. The predicted molar refractivity (Wildman–Crippen MR) is 110 cm³/mol. The molecule has 1 heterocycles. The summed E-state index contributed by atoms with van der Waals surface area (Å²) in [5, 5.41) is 16.9. The largest absolute Gasteiger partial charge is 0.327 e. The Labute approximate surface area is 173 Å². The van der Waals surface area contributed by atoms with Gasteiger partial charge in [-0.15, -0.1) is 0 Å². The molecule has 0 aliphatic carbocycles. The lowest BCUT2D eigenvalue weighted by Gasteiger charge is -2.28. The van der Waals surface area contributed by atoms with Gasteiger partial charge in [-0.1, -0.05) is 29.8 Å². The van der Waals surface area contributed by atoms with Gasteiger partial charge >= 0.3 is 0 Å². The minimum Gasteiger partial charge on any atom is -0.327 e. The number of benzene rings is 2. The van der Waals surface area contributed by atoms with Gasteiger partial charge in [0.1, 0.15) is 5.69 Å². The zero-order valence-corrected chi connectivity index (χ0v) is 16.4. The van der Waals surface area contributed by atoms with E-state index in [1.54, 1.807) is 0 Å². The number of halogens is 1. The number of nitro benzene ring substituents is 1. The summed E-state index contributed by atoms with van der Waals surface area (Å²) in [4.78, 5) is 36.3. The highest BCUT2D eigenvalue weighted by Gasteiger charge is 2.29. The van der Waals surface area contributed by atoms with Crippen LogP contribution in [-0.2, 0) is 9.59 Å². The lowest BCUT2D eigenvalue weighted by atomic mass is 9.96. The van der Waals surface area contributed by atoms with Crippen molar-refractivity contribution in [1.82, 2.24) is 0 Å². The van der Waals surface area contributed by atoms with Crippen LogP contribution in [0.1, 0.15) is 12.8 Å². The molecule has 0 bridgehead atoms. The fourth-order valence-electron chi connectivity index (χ4n) is 3.41. The third-order valence-corrected chi connectivity index (χ3v) is 5.18. The molecule has 0 radical (unpaired) electrons. The second-order valence-corrected chi connectivity index (χ2v) is 7.46. The fourth-order valence-corrected chi connectivity index (χ4v) is 3.58. The van der Waals surface area contributed by atoms with Crippen molar-refractivity contribution in [2.45, 2.75) is 12.8 Å². The number of anilines is 2. The molecule has 152 valence electrons. The summed E-state index contributed by atoms with van der Waals surface area (Å²) in [5.74, 6) is -0.395. The van der Waals surface area contributed by atoms with Crippen LogP contribution >= 0.6 is 11.6 Å². The van der Waals surface area contributed by atoms with E-state index < -0.39 is 4.92 Å². The number of likely N-dealkylation sites (tertiary alicyclic amines) is 1. The van der Waals surface area contributed by atoms with Gasteiger partial charge < -0.3 is 15.5 Å². The van der Waals surface area contributed by atoms with Gasteiger partial charge in [-0.05, 0) is 24.3 Å². The molecule has 1 fully saturated rings. The molecule has 2 amide bonds. The average Bonchev–Trinajstić information content (AvgIpc) is 2.70. The molecule has 1 saturated heterocycles. The van der Waals surface area contributed by atoms with Crippen molar-refractivity contribution in [2.24, 2.45) is 5.92 Å². The van der Waals surface area contributed by atoms with Crippen LogP contribution < -0.4 is 15.5 Å². The van der Waals surface area contributed by atoms with Gasteiger partial charge in [-0.25, -0.2) is 0 Å². The smallest absolute Gasteiger partial charge is 0.294 e. The highest BCUT2D eigenvalue weighted by atomic mass is 35.5. The topological polar surface area (TPSA) is 106 Å². The van der Waals surface area contributed by atoms with E-state index >= 15 is 0 Å². The fraction of sp³-hybridized carbons (Fsp3) is 0.300. The van der Waals surface area contributed by atoms with E-state index in [1.807, 2.05) is 30.3 Å². The molecule has 2 aromatic carbocycles. The summed E-state index contributed by atoms with van der Waals surface area (Å²) in [7, 11) is 0. The zero-order valence-electron chi connectivity index (χ0n) is 15.7. The second-order valence-electron chi connectivity index (χ2n) is 7.02. The number of amides is 2. The number of para-hydroxylation sites is 1. The molecule has 9 heteroatoms. The monoisotopic (exact) mass is 417 g/mol. The first kappa shape index (κ1) is 20.8. The third kappa shape index (κ3) is 5.75. The van der Waals surface area contributed by atoms with Crippen LogP contribution in [-0.4, -0.2) is 36.4 Å². The Morgan fingerprint density at radius 3 is 2.45 bits per heavy atom. The van der Waals surface area contributed by atoms with Gasteiger partial charge in [0, 0.05) is 35.5 Å². The molecule has 29 heavy (non-hydrogen) atoms. The van der Waals surface area contributed by atoms with Gasteiger partial charge in [-0.2, -0.15) is 0 Å². The van der Waals surface area contributed by atoms with Gasteiger partial charge in [0.05, 0.1) is 18.0 Å². The molecular formula is C20H22ClN4O4+. The Morgan fingerprint density at radius 2 is 1.79 bits per heavy atom. The van der Waals surface area contributed by atoms with Crippen molar-refractivity contribution in [3.8, 4) is 0 Å². The van der Waals surface area contributed by atoms with Crippen molar-refractivity contribution in [1.29, 1.82) is 0 Å². The Kier molecular flexibility index (Phi) is 6.79. The molecule has 3 N–H and O–H groups in total. The molecule has 0 aromatic heterocycles. The van der Waals surface area contributed by atoms with Crippen LogP contribution in [0.5, 0.6) is 0 Å². The maximum atomic E-state index is 12.4. The van der Waals surface area contributed by atoms with E-state index in [0.29, 0.717) is 25.9 Å². The van der Waals surface area contributed by atoms with Gasteiger partial charge in [-0.3, -0.25) is 19.7 Å². The number of nitrogens with one attached hydrogen (secondary N) is 3. The van der Waals surface area contributed by atoms with Crippen LogP contribution in [0.2, 0.25) is 5.02 Å². The first-order chi connectivity index (χ1) is 13.9. The van der Waals surface area contributed by atoms with Crippen molar-refractivity contribution in [3.63, 3.8) is 0 Å². The minimum atomic E-state index is -0.578. The molecule has 2 aromatic rings. The lowest BCUT2D eigenvalue weighted by molar-refractivity contribution is -0.897. The summed E-state index contributed by atoms with van der Waals surface area (Å²) >= 11 is 5.79. The molecule has 0 saturated carbocycles. The van der Waals surface area contributed by atoms with Crippen LogP contribution in [0.4, 0.5) is 17.1 Å². The minimum absolute atomic E-state index is 0.00325. The van der Waals surface area contributed by atoms with Crippen molar-refractivity contribution >= 4 is 40.5 Å². The maximum Gasteiger partial charge on any atom is 0.294 e. The standard InChI is InChI=1S/C20H21ClN4O4/c21-15-6-7-17(18(12-15)25(28)29)23-19(26)13-24-10-8-14(9-11-24)20(27)22-16-4-2-1-3-5-16/h1-7,12,14H,8-11,13H2,(H,22,27)(H,23,26)/p+1. The highest BCUT2D eigenvalue weighted by molar-refractivity contribution is 6.31. The zero-order chi connectivity index (χ0) is 20.8. The normalized spacial score (nSPS) is 18.7. The number of rotatable bonds is 6. The van der Waals surface area contributed by atoms with Crippen LogP contribution in [0.25, 0.3) is 0 Å². The van der Waals surface area contributed by atoms with E-state index in [9.17, 15) is 19.7 Å². The Morgan fingerprint density at radius 1 is 1.10 bits per heavy atom. The molecule has 1 aliphatic rings. The SMILES string of the molecule is O=C(C[NH+]1CCC(C(=O)Nc2ccccc2)CC1)Nc1ccc(Cl)cc1[N+](=O)[O-]. The summed E-state index contributed by atoms with van der Waals surface area (Å²) in [6.07, 6.45) is 1.37. The number of carbonyl (C=O) groups is 2. The van der Waals surface area contributed by atoms with Crippen molar-refractivity contribution in [2.75, 3.05) is 30.3 Å². The summed E-state index contributed by atoms with van der Waals surface area (Å²) in [6, 6.07) is 13.4. The molecule has 8 nitrogen and oxygen atoms in total. The quantitative estimate of drug-likeness (QED) is 0.494. The first-order valence-corrected chi connectivity index (χ1v) is 9.73. The Bertz CT molecular complexity index is 899. The Hall–Kier alpha value is -2.97. The van der Waals surface area contributed by atoms with Crippen LogP contribution in [0.3, 0.4) is 0 Å². The van der Waals surface area contributed by atoms with Crippen molar-refractivity contribution in [3.05, 3.63) is 63.7 Å². The van der Waals surface area contributed by atoms with E-state index in [0.717, 1.165) is 10.6 Å². The number of hydrogen-bond acceptors (Lipinski definition) is 4. The van der Waals surface area contributed by atoms with E-state index in [4.69, 9.17) is 11.6 Å². The highest BCUT2D eigenvalue weighted by Crippen LogP contribution is 2.27. The number of nitro groups is 1. The van der Waals surface area contributed by atoms with Gasteiger partial charge in [0.15, 0.2) is 6.54 Å². The van der Waals surface area contributed by atoms with Crippen LogP contribution in [0, 0.1) is 16.0 Å². The third-order valence-electron chi connectivity index (χ3n) is 4.95. The molecule has 1 aliphatic heterocycles. The molecular weight excluding hydrogens is 396 g/mol.